The number of carbonyl (C=O) groups excluding carboxylic acids is 2. The molecule has 1 aromatic rings. The van der Waals surface area contributed by atoms with E-state index < -0.39 is 40.8 Å². The Labute approximate surface area is 194 Å². The summed E-state index contributed by atoms with van der Waals surface area (Å²) in [6.07, 6.45) is 1.12. The van der Waals surface area contributed by atoms with Crippen LogP contribution < -0.4 is 16.8 Å². The number of anilines is 1. The highest BCUT2D eigenvalue weighted by molar-refractivity contribution is 8.00. The van der Waals surface area contributed by atoms with Gasteiger partial charge in [0.2, 0.25) is 5.60 Å². The molecular formula is C18H20N6O7S2. The molecule has 1 aromatic heterocycles. The van der Waals surface area contributed by atoms with Gasteiger partial charge in [0, 0.05) is 30.5 Å². The second-order valence-corrected chi connectivity index (χ2v) is 9.57. The topological polar surface area (TPSA) is 211 Å². The number of carboxylic acid groups (broad SMARTS) is 2. The van der Waals surface area contributed by atoms with Crippen molar-refractivity contribution in [1.82, 2.24) is 15.2 Å². The van der Waals surface area contributed by atoms with Crippen molar-refractivity contribution in [3.05, 3.63) is 22.3 Å². The summed E-state index contributed by atoms with van der Waals surface area (Å²) in [6, 6.07) is -1.02. The summed E-state index contributed by atoms with van der Waals surface area (Å²) in [5.41, 5.74) is 9.72. The van der Waals surface area contributed by atoms with Gasteiger partial charge in [-0.2, -0.15) is 0 Å². The smallest absolute Gasteiger partial charge is 0.352 e. The van der Waals surface area contributed by atoms with Crippen LogP contribution in [0, 0.1) is 0 Å². The fourth-order valence-electron chi connectivity index (χ4n) is 3.63. The van der Waals surface area contributed by atoms with E-state index in [2.05, 4.69) is 15.5 Å². The van der Waals surface area contributed by atoms with Gasteiger partial charge in [-0.1, -0.05) is 5.16 Å². The number of nitrogens with one attached hydrogen (secondary N) is 1. The number of nitrogen functional groups attached to an aromatic ring is 1. The first-order valence-electron chi connectivity index (χ1n) is 9.80. The predicted octanol–water partition coefficient (Wildman–Crippen LogP) is -0.849. The van der Waals surface area contributed by atoms with Crippen LogP contribution in [0.5, 0.6) is 0 Å². The van der Waals surface area contributed by atoms with Crippen LogP contribution in [0.2, 0.25) is 0 Å². The van der Waals surface area contributed by atoms with Crippen LogP contribution >= 0.6 is 23.1 Å². The van der Waals surface area contributed by atoms with Gasteiger partial charge in [-0.05, 0) is 12.0 Å². The van der Waals surface area contributed by atoms with Crippen LogP contribution in [0.25, 0.3) is 0 Å². The maximum atomic E-state index is 13.0. The molecule has 0 aromatic carbocycles. The van der Waals surface area contributed by atoms with E-state index in [0.717, 1.165) is 16.2 Å². The number of β-lactam (4-membered cyclic amide) rings is 1. The van der Waals surface area contributed by atoms with Crippen LogP contribution in [-0.4, -0.2) is 78.9 Å². The highest BCUT2D eigenvalue weighted by atomic mass is 32.2. The molecule has 3 heterocycles. The second kappa shape index (κ2) is 8.64. The molecule has 2 atom stereocenters. The zero-order valence-electron chi connectivity index (χ0n) is 17.0. The number of hydrogen-bond acceptors (Lipinski definition) is 11. The van der Waals surface area contributed by atoms with Crippen molar-refractivity contribution in [3.63, 3.8) is 0 Å². The number of aromatic nitrogens is 1. The molecule has 15 heteroatoms. The number of carbonyl (C=O) groups is 4. The number of hydrogen-bond donors (Lipinski definition) is 5. The third kappa shape index (κ3) is 3.91. The van der Waals surface area contributed by atoms with E-state index in [0.29, 0.717) is 17.7 Å². The van der Waals surface area contributed by atoms with E-state index in [9.17, 15) is 29.4 Å². The number of carboxylic acids is 2. The Balaban J connectivity index is 1.55. The number of thiazole rings is 1. The number of amides is 2. The Hall–Kier alpha value is -3.17. The molecule has 176 valence electrons. The molecule has 3 aliphatic rings. The van der Waals surface area contributed by atoms with Gasteiger partial charge in [-0.25, -0.2) is 14.6 Å². The van der Waals surface area contributed by atoms with E-state index in [1.54, 1.807) is 0 Å². The maximum absolute atomic E-state index is 13.0. The highest BCUT2D eigenvalue weighted by Crippen LogP contribution is 2.40. The van der Waals surface area contributed by atoms with Crippen LogP contribution in [0.1, 0.15) is 25.0 Å². The van der Waals surface area contributed by atoms with E-state index in [1.807, 2.05) is 0 Å². The average molecular weight is 497 g/mol. The summed E-state index contributed by atoms with van der Waals surface area (Å²) in [5, 5.41) is 26.2. The van der Waals surface area contributed by atoms with Crippen molar-refractivity contribution in [2.45, 2.75) is 36.3 Å². The highest BCUT2D eigenvalue weighted by Gasteiger charge is 2.54. The number of oxime groups is 1. The second-order valence-electron chi connectivity index (χ2n) is 7.58. The molecule has 13 nitrogen and oxygen atoms in total. The van der Waals surface area contributed by atoms with Gasteiger partial charge in [0.25, 0.3) is 11.8 Å². The number of fused-ring (bicyclic) bond motifs is 1. The maximum Gasteiger partial charge on any atom is 0.352 e. The molecule has 0 spiro atoms. The van der Waals surface area contributed by atoms with Gasteiger partial charge in [0.05, 0.1) is 0 Å². The molecule has 33 heavy (non-hydrogen) atoms. The lowest BCUT2D eigenvalue weighted by molar-refractivity contribution is -0.178. The number of thioether (sulfide) groups is 1. The molecule has 7 N–H and O–H groups in total. The molecule has 2 amide bonds. The summed E-state index contributed by atoms with van der Waals surface area (Å²) in [5.74, 6) is -3.60. The van der Waals surface area contributed by atoms with Gasteiger partial charge < -0.3 is 31.8 Å². The lowest BCUT2D eigenvalue weighted by Gasteiger charge is -2.49. The summed E-state index contributed by atoms with van der Waals surface area (Å²) < 4.78 is 0. The monoisotopic (exact) mass is 496 g/mol. The first kappa shape index (κ1) is 23.0. The first-order chi connectivity index (χ1) is 15.7. The molecule has 2 aliphatic heterocycles. The van der Waals surface area contributed by atoms with Crippen molar-refractivity contribution in [2.75, 3.05) is 18.0 Å². The van der Waals surface area contributed by atoms with Crippen molar-refractivity contribution in [3.8, 4) is 0 Å². The Morgan fingerprint density at radius 2 is 2.09 bits per heavy atom. The number of nitrogens with two attached hydrogens (primary N) is 2. The van der Waals surface area contributed by atoms with Crippen molar-refractivity contribution in [1.29, 1.82) is 0 Å². The molecule has 0 radical (unpaired) electrons. The zero-order valence-corrected chi connectivity index (χ0v) is 18.6. The summed E-state index contributed by atoms with van der Waals surface area (Å²) in [6.45, 7) is -0.00706. The lowest BCUT2D eigenvalue weighted by Crippen LogP contribution is -2.71. The van der Waals surface area contributed by atoms with Crippen molar-refractivity contribution < 1.29 is 34.2 Å². The minimum absolute atomic E-state index is 0.00706. The van der Waals surface area contributed by atoms with Crippen LogP contribution in [0.15, 0.2) is 21.8 Å². The minimum Gasteiger partial charge on any atom is -0.478 e. The molecular weight excluding hydrogens is 476 g/mol. The molecule has 1 aliphatic carbocycles. The Morgan fingerprint density at radius 1 is 1.36 bits per heavy atom. The van der Waals surface area contributed by atoms with Crippen molar-refractivity contribution >= 4 is 57.7 Å². The van der Waals surface area contributed by atoms with Crippen LogP contribution in [0.4, 0.5) is 5.13 Å². The molecule has 2 fully saturated rings. The lowest BCUT2D eigenvalue weighted by atomic mass is 9.80. The molecule has 1 saturated carbocycles. The fourth-order valence-corrected chi connectivity index (χ4v) is 5.54. The molecule has 0 bridgehead atoms. The third-order valence-corrected chi connectivity index (χ3v) is 7.64. The van der Waals surface area contributed by atoms with Gasteiger partial charge in [0.1, 0.15) is 22.8 Å². The Morgan fingerprint density at radius 3 is 2.61 bits per heavy atom. The summed E-state index contributed by atoms with van der Waals surface area (Å²) >= 11 is 2.32. The number of nitrogens with zero attached hydrogens (tertiary/aromatic N) is 3. The average Bonchev–Trinajstić information content (AvgIpc) is 3.17. The van der Waals surface area contributed by atoms with E-state index >= 15 is 0 Å². The van der Waals surface area contributed by atoms with E-state index in [-0.39, 0.29) is 41.6 Å². The molecule has 1 unspecified atom stereocenters. The SMILES string of the molecule is NCC1=C(C(=O)O)N2C(=O)C(NC(=O)/C(=N\OC3(C(=O)O)CCC3)c3csc(N)n3)[C@@H]2SC1. The zero-order chi connectivity index (χ0) is 23.9. The van der Waals surface area contributed by atoms with Gasteiger partial charge in [-0.3, -0.25) is 14.5 Å². The summed E-state index contributed by atoms with van der Waals surface area (Å²) in [4.78, 5) is 59.3. The van der Waals surface area contributed by atoms with Gasteiger partial charge in [0.15, 0.2) is 10.8 Å². The van der Waals surface area contributed by atoms with Gasteiger partial charge in [-0.15, -0.1) is 23.1 Å². The van der Waals surface area contributed by atoms with Crippen LogP contribution in [-0.2, 0) is 24.0 Å². The van der Waals surface area contributed by atoms with Crippen LogP contribution in [0.3, 0.4) is 0 Å². The third-order valence-electron chi connectivity index (χ3n) is 5.63. The molecule has 4 rings (SSSR count). The fraction of sp³-hybridized carbons (Fsp3) is 0.444. The Bertz CT molecular complexity index is 1100. The minimum atomic E-state index is -1.52. The first-order valence-corrected chi connectivity index (χ1v) is 11.7. The predicted molar refractivity (Wildman–Crippen MR) is 117 cm³/mol. The summed E-state index contributed by atoms with van der Waals surface area (Å²) in [7, 11) is 0. The quantitative estimate of drug-likeness (QED) is 0.170. The number of aliphatic carboxylic acids is 2. The van der Waals surface area contributed by atoms with Crippen molar-refractivity contribution in [2.24, 2.45) is 10.9 Å². The van der Waals surface area contributed by atoms with E-state index in [4.69, 9.17) is 16.3 Å². The normalized spacial score (nSPS) is 23.8. The van der Waals surface area contributed by atoms with E-state index in [1.165, 1.54) is 17.1 Å². The number of rotatable bonds is 8. The largest absolute Gasteiger partial charge is 0.478 e. The Kier molecular flexibility index (Phi) is 6.02. The molecule has 1 saturated heterocycles. The standard InChI is InChI=1S/C18H20N6O7S2/c19-4-7-5-32-14-10(13(26)24(14)11(7)15(27)28)22-12(25)9(8-6-33-17(20)21-8)23-31-18(16(29)30)2-1-3-18/h6,10,14H,1-5,19H2,(H2,20,21)(H,22,25)(H,27,28)(H,29,30)/b23-9-/t10?,14-/m0/s1. The van der Waals surface area contributed by atoms with Gasteiger partial charge >= 0.3 is 11.9 Å².